The summed E-state index contributed by atoms with van der Waals surface area (Å²) in [4.78, 5) is 28.1. The molecular formula is C17H28N2O3S. The van der Waals surface area contributed by atoms with E-state index < -0.39 is 5.60 Å². The highest BCUT2D eigenvalue weighted by atomic mass is 32.2. The molecule has 1 saturated carbocycles. The summed E-state index contributed by atoms with van der Waals surface area (Å²) in [6.45, 7) is 3.78. The van der Waals surface area contributed by atoms with Gasteiger partial charge in [0.2, 0.25) is 5.91 Å². The maximum absolute atomic E-state index is 13.0. The SMILES string of the molecule is CC(=O)N1CCCC(O)(C(=O)N2CCSC3(CCCCC3)C2)C1. The van der Waals surface area contributed by atoms with Crippen molar-refractivity contribution in [3.63, 3.8) is 0 Å². The second-order valence-corrected chi connectivity index (χ2v) is 8.96. The standard InChI is InChI=1S/C17H28N2O3S/c1-14(20)18-9-5-8-17(22,13-18)15(21)19-10-11-23-16(12-19)6-3-2-4-7-16/h22H,2-13H2,1H3. The summed E-state index contributed by atoms with van der Waals surface area (Å²) in [6.07, 6.45) is 7.31. The van der Waals surface area contributed by atoms with Crippen LogP contribution in [0.5, 0.6) is 0 Å². The molecule has 2 amide bonds. The lowest BCUT2D eigenvalue weighted by atomic mass is 9.86. The molecule has 3 aliphatic rings. The van der Waals surface area contributed by atoms with Crippen LogP contribution in [0.15, 0.2) is 0 Å². The third-order valence-corrected chi connectivity index (χ3v) is 7.15. The minimum absolute atomic E-state index is 0.0612. The van der Waals surface area contributed by atoms with Crippen LogP contribution in [-0.2, 0) is 9.59 Å². The number of hydrogen-bond donors (Lipinski definition) is 1. The van der Waals surface area contributed by atoms with Gasteiger partial charge in [0.25, 0.3) is 5.91 Å². The zero-order valence-electron chi connectivity index (χ0n) is 14.1. The summed E-state index contributed by atoms with van der Waals surface area (Å²) in [5.41, 5.74) is -1.39. The highest BCUT2D eigenvalue weighted by Crippen LogP contribution is 2.43. The molecule has 2 saturated heterocycles. The molecule has 1 aliphatic carbocycles. The Bertz CT molecular complexity index is 473. The third-order valence-electron chi connectivity index (χ3n) is 5.61. The Labute approximate surface area is 142 Å². The fourth-order valence-corrected chi connectivity index (χ4v) is 5.86. The van der Waals surface area contributed by atoms with E-state index in [2.05, 4.69) is 0 Å². The van der Waals surface area contributed by atoms with E-state index in [-0.39, 0.29) is 23.1 Å². The Kier molecular flexibility index (Phi) is 4.93. The average Bonchev–Trinajstić information content (AvgIpc) is 2.55. The maximum atomic E-state index is 13.0. The molecule has 130 valence electrons. The summed E-state index contributed by atoms with van der Waals surface area (Å²) in [6, 6.07) is 0. The maximum Gasteiger partial charge on any atom is 0.256 e. The molecule has 2 heterocycles. The number of hydrogen-bond acceptors (Lipinski definition) is 4. The normalized spacial score (nSPS) is 31.2. The number of likely N-dealkylation sites (tertiary alicyclic amines) is 1. The molecule has 0 bridgehead atoms. The highest BCUT2D eigenvalue weighted by Gasteiger charge is 2.47. The van der Waals surface area contributed by atoms with E-state index in [0.717, 1.165) is 12.3 Å². The van der Waals surface area contributed by atoms with Crippen LogP contribution in [-0.4, -0.2) is 69.0 Å². The molecule has 3 rings (SSSR count). The van der Waals surface area contributed by atoms with Crippen molar-refractivity contribution < 1.29 is 14.7 Å². The van der Waals surface area contributed by atoms with Gasteiger partial charge in [-0.25, -0.2) is 0 Å². The van der Waals surface area contributed by atoms with Crippen LogP contribution in [0, 0.1) is 0 Å². The van der Waals surface area contributed by atoms with Gasteiger partial charge in [0, 0.05) is 37.1 Å². The van der Waals surface area contributed by atoms with E-state index in [0.29, 0.717) is 25.9 Å². The lowest BCUT2D eigenvalue weighted by Gasteiger charge is -2.47. The molecule has 0 aromatic carbocycles. The van der Waals surface area contributed by atoms with Gasteiger partial charge in [-0.05, 0) is 25.7 Å². The lowest BCUT2D eigenvalue weighted by Crippen LogP contribution is -2.61. The number of amides is 2. The van der Waals surface area contributed by atoms with Crippen molar-refractivity contribution in [3.05, 3.63) is 0 Å². The molecule has 0 radical (unpaired) electrons. The Balaban J connectivity index is 1.70. The van der Waals surface area contributed by atoms with Gasteiger partial charge in [-0.3, -0.25) is 9.59 Å². The molecule has 0 aromatic heterocycles. The highest BCUT2D eigenvalue weighted by molar-refractivity contribution is 8.00. The first-order valence-electron chi connectivity index (χ1n) is 8.85. The van der Waals surface area contributed by atoms with Crippen LogP contribution in [0.1, 0.15) is 51.9 Å². The minimum atomic E-state index is -1.39. The number of carbonyl (C=O) groups is 2. The fourth-order valence-electron chi connectivity index (χ4n) is 4.29. The van der Waals surface area contributed by atoms with Gasteiger partial charge in [-0.1, -0.05) is 19.3 Å². The number of thioether (sulfide) groups is 1. The molecule has 0 aromatic rings. The second kappa shape index (κ2) is 6.63. The van der Waals surface area contributed by atoms with Crippen molar-refractivity contribution in [2.24, 2.45) is 0 Å². The minimum Gasteiger partial charge on any atom is -0.378 e. The van der Waals surface area contributed by atoms with Crippen molar-refractivity contribution in [1.29, 1.82) is 0 Å². The van der Waals surface area contributed by atoms with Crippen LogP contribution in [0.3, 0.4) is 0 Å². The first kappa shape index (κ1) is 17.1. The largest absolute Gasteiger partial charge is 0.378 e. The van der Waals surface area contributed by atoms with Crippen LogP contribution in [0.2, 0.25) is 0 Å². The average molecular weight is 340 g/mol. The summed E-state index contributed by atoms with van der Waals surface area (Å²) in [5, 5.41) is 10.9. The topological polar surface area (TPSA) is 60.9 Å². The van der Waals surface area contributed by atoms with Crippen LogP contribution < -0.4 is 0 Å². The summed E-state index contributed by atoms with van der Waals surface area (Å²) in [5.74, 6) is 0.737. The van der Waals surface area contributed by atoms with E-state index >= 15 is 0 Å². The zero-order chi connectivity index (χ0) is 16.5. The lowest BCUT2D eigenvalue weighted by molar-refractivity contribution is -0.160. The summed E-state index contributed by atoms with van der Waals surface area (Å²) in [7, 11) is 0. The van der Waals surface area contributed by atoms with E-state index in [9.17, 15) is 14.7 Å². The van der Waals surface area contributed by atoms with Crippen LogP contribution in [0.25, 0.3) is 0 Å². The van der Waals surface area contributed by atoms with E-state index in [4.69, 9.17) is 0 Å². The van der Waals surface area contributed by atoms with Gasteiger partial charge in [0.05, 0.1) is 6.54 Å². The fraction of sp³-hybridized carbons (Fsp3) is 0.882. The van der Waals surface area contributed by atoms with Crippen molar-refractivity contribution in [1.82, 2.24) is 9.80 Å². The Morgan fingerprint density at radius 1 is 0.957 bits per heavy atom. The summed E-state index contributed by atoms with van der Waals surface area (Å²) >= 11 is 2.02. The molecular weight excluding hydrogens is 312 g/mol. The predicted octanol–water partition coefficient (Wildman–Crippen LogP) is 1.64. The van der Waals surface area contributed by atoms with Gasteiger partial charge in [0.15, 0.2) is 5.60 Å². The number of β-amino-alcohol motifs (C(OH)–C–C–N with tert-alkyl or cyclic N) is 1. The van der Waals surface area contributed by atoms with Gasteiger partial charge in [0.1, 0.15) is 0 Å². The Morgan fingerprint density at radius 3 is 2.39 bits per heavy atom. The number of nitrogens with zero attached hydrogens (tertiary/aromatic N) is 2. The van der Waals surface area contributed by atoms with Crippen molar-refractivity contribution in [2.45, 2.75) is 62.2 Å². The second-order valence-electron chi connectivity index (χ2n) is 7.39. The first-order valence-corrected chi connectivity index (χ1v) is 9.84. The summed E-state index contributed by atoms with van der Waals surface area (Å²) < 4.78 is 0.206. The number of carbonyl (C=O) groups excluding carboxylic acids is 2. The first-order chi connectivity index (χ1) is 10.9. The van der Waals surface area contributed by atoms with Gasteiger partial charge in [-0.2, -0.15) is 11.8 Å². The Hall–Kier alpha value is -0.750. The molecule has 1 spiro atoms. The van der Waals surface area contributed by atoms with Crippen molar-refractivity contribution in [3.8, 4) is 0 Å². The molecule has 2 aliphatic heterocycles. The molecule has 23 heavy (non-hydrogen) atoms. The number of piperidine rings is 1. The third kappa shape index (κ3) is 3.53. The molecule has 5 nitrogen and oxygen atoms in total. The van der Waals surface area contributed by atoms with E-state index in [1.54, 1.807) is 4.90 Å². The zero-order valence-corrected chi connectivity index (χ0v) is 14.9. The molecule has 6 heteroatoms. The van der Waals surface area contributed by atoms with Crippen LogP contribution >= 0.6 is 11.8 Å². The quantitative estimate of drug-likeness (QED) is 0.788. The van der Waals surface area contributed by atoms with Crippen molar-refractivity contribution >= 4 is 23.6 Å². The monoisotopic (exact) mass is 340 g/mol. The molecule has 1 unspecified atom stereocenters. The van der Waals surface area contributed by atoms with Gasteiger partial charge in [-0.15, -0.1) is 0 Å². The van der Waals surface area contributed by atoms with Crippen LogP contribution in [0.4, 0.5) is 0 Å². The van der Waals surface area contributed by atoms with Gasteiger partial charge < -0.3 is 14.9 Å². The van der Waals surface area contributed by atoms with Gasteiger partial charge >= 0.3 is 0 Å². The van der Waals surface area contributed by atoms with Crippen molar-refractivity contribution in [2.75, 3.05) is 31.9 Å². The smallest absolute Gasteiger partial charge is 0.256 e. The molecule has 1 atom stereocenters. The number of rotatable bonds is 1. The Morgan fingerprint density at radius 2 is 1.70 bits per heavy atom. The molecule has 3 fully saturated rings. The van der Waals surface area contributed by atoms with E-state index in [1.807, 2.05) is 16.7 Å². The predicted molar refractivity (Wildman–Crippen MR) is 91.3 cm³/mol. The molecule has 1 N–H and O–H groups in total. The van der Waals surface area contributed by atoms with E-state index in [1.165, 1.54) is 39.0 Å². The number of aliphatic hydroxyl groups is 1.